The fraction of sp³-hybridized carbons (Fsp3) is 0.474. The summed E-state index contributed by atoms with van der Waals surface area (Å²) in [5.41, 5.74) is 3.01. The number of hydrogen-bond donors (Lipinski definition) is 0. The minimum absolute atomic E-state index is 0.00799. The highest BCUT2D eigenvalue weighted by Crippen LogP contribution is 2.29. The monoisotopic (exact) mass is 353 g/mol. The van der Waals surface area contributed by atoms with E-state index in [9.17, 15) is 4.79 Å². The molecule has 0 bridgehead atoms. The second-order valence-corrected chi connectivity index (χ2v) is 7.00. The molecule has 7 nitrogen and oxygen atoms in total. The van der Waals surface area contributed by atoms with Crippen molar-refractivity contribution in [2.24, 2.45) is 5.92 Å². The van der Waals surface area contributed by atoms with E-state index in [1.165, 1.54) is 0 Å². The SMILES string of the molecule is CN(C)c1nc(-c2ccncc2)nc2c1CCN(C(=O)C1CCOC1)C2. The number of aromatic nitrogens is 3. The summed E-state index contributed by atoms with van der Waals surface area (Å²) in [4.78, 5) is 30.3. The van der Waals surface area contributed by atoms with E-state index < -0.39 is 0 Å². The number of hydrogen-bond acceptors (Lipinski definition) is 6. The van der Waals surface area contributed by atoms with Gasteiger partial charge in [-0.15, -0.1) is 0 Å². The van der Waals surface area contributed by atoms with Crippen LogP contribution in [0.4, 0.5) is 5.82 Å². The highest BCUT2D eigenvalue weighted by atomic mass is 16.5. The zero-order valence-electron chi connectivity index (χ0n) is 15.2. The van der Waals surface area contributed by atoms with Crippen LogP contribution >= 0.6 is 0 Å². The lowest BCUT2D eigenvalue weighted by molar-refractivity contribution is -0.136. The number of nitrogens with zero attached hydrogens (tertiary/aromatic N) is 5. The predicted molar refractivity (Wildman–Crippen MR) is 97.6 cm³/mol. The van der Waals surface area contributed by atoms with Gasteiger partial charge in [-0.25, -0.2) is 9.97 Å². The van der Waals surface area contributed by atoms with Crippen molar-refractivity contribution in [3.05, 3.63) is 35.8 Å². The highest BCUT2D eigenvalue weighted by Gasteiger charge is 2.32. The first kappa shape index (κ1) is 16.9. The number of anilines is 1. The molecule has 1 amide bonds. The second kappa shape index (κ2) is 6.99. The number of pyridine rings is 1. The molecule has 0 N–H and O–H groups in total. The van der Waals surface area contributed by atoms with Crippen LogP contribution in [0.5, 0.6) is 0 Å². The van der Waals surface area contributed by atoms with Gasteiger partial charge >= 0.3 is 0 Å². The highest BCUT2D eigenvalue weighted by molar-refractivity contribution is 5.79. The molecular formula is C19H23N5O2. The molecule has 1 fully saturated rings. The van der Waals surface area contributed by atoms with Gasteiger partial charge < -0.3 is 14.5 Å². The Morgan fingerprint density at radius 3 is 2.77 bits per heavy atom. The topological polar surface area (TPSA) is 71.5 Å². The number of rotatable bonds is 3. The van der Waals surface area contributed by atoms with E-state index in [1.807, 2.05) is 36.0 Å². The Kier molecular flexibility index (Phi) is 4.55. The van der Waals surface area contributed by atoms with Crippen molar-refractivity contribution in [3.63, 3.8) is 0 Å². The van der Waals surface area contributed by atoms with Crippen molar-refractivity contribution in [1.29, 1.82) is 0 Å². The minimum Gasteiger partial charge on any atom is -0.381 e. The Bertz CT molecular complexity index is 803. The van der Waals surface area contributed by atoms with E-state index in [-0.39, 0.29) is 11.8 Å². The molecule has 1 atom stereocenters. The van der Waals surface area contributed by atoms with Gasteiger partial charge in [0.05, 0.1) is 24.8 Å². The van der Waals surface area contributed by atoms with Gasteiger partial charge in [0.25, 0.3) is 0 Å². The van der Waals surface area contributed by atoms with E-state index in [0.717, 1.165) is 35.5 Å². The quantitative estimate of drug-likeness (QED) is 0.833. The Balaban J connectivity index is 1.68. The third-order valence-electron chi connectivity index (χ3n) is 5.00. The summed E-state index contributed by atoms with van der Waals surface area (Å²) in [5.74, 6) is 1.78. The molecule has 1 saturated heterocycles. The lowest BCUT2D eigenvalue weighted by Crippen LogP contribution is -2.41. The van der Waals surface area contributed by atoms with Crippen molar-refractivity contribution in [2.75, 3.05) is 38.8 Å². The molecule has 7 heteroatoms. The maximum absolute atomic E-state index is 12.8. The normalized spacial score (nSPS) is 19.3. The third-order valence-corrected chi connectivity index (χ3v) is 5.00. The van der Waals surface area contributed by atoms with E-state index >= 15 is 0 Å². The third kappa shape index (κ3) is 3.14. The minimum atomic E-state index is -0.00799. The van der Waals surface area contributed by atoms with Crippen molar-refractivity contribution in [1.82, 2.24) is 19.9 Å². The van der Waals surface area contributed by atoms with Gasteiger partial charge in [0, 0.05) is 50.8 Å². The first-order valence-corrected chi connectivity index (χ1v) is 8.97. The molecule has 26 heavy (non-hydrogen) atoms. The predicted octanol–water partition coefficient (Wildman–Crippen LogP) is 1.53. The van der Waals surface area contributed by atoms with Crippen LogP contribution in [0.1, 0.15) is 17.7 Å². The standard InChI is InChI=1S/C19H23N5O2/c1-23(2)18-15-5-9-24(19(25)14-6-10-26-12-14)11-16(15)21-17(22-18)13-3-7-20-8-4-13/h3-4,7-8,14H,5-6,9-12H2,1-2H3. The Morgan fingerprint density at radius 2 is 2.08 bits per heavy atom. The molecule has 2 aliphatic heterocycles. The average molecular weight is 353 g/mol. The van der Waals surface area contributed by atoms with E-state index in [0.29, 0.717) is 32.1 Å². The summed E-state index contributed by atoms with van der Waals surface area (Å²) in [6.07, 6.45) is 5.07. The summed E-state index contributed by atoms with van der Waals surface area (Å²) in [5, 5.41) is 0. The van der Waals surface area contributed by atoms with E-state index in [2.05, 4.69) is 4.98 Å². The fourth-order valence-corrected chi connectivity index (χ4v) is 3.59. The van der Waals surface area contributed by atoms with Crippen LogP contribution in [0.3, 0.4) is 0 Å². The molecule has 0 spiro atoms. The van der Waals surface area contributed by atoms with Gasteiger partial charge in [0.2, 0.25) is 5.91 Å². The molecule has 0 aliphatic carbocycles. The van der Waals surface area contributed by atoms with Crippen LogP contribution < -0.4 is 4.90 Å². The molecule has 2 aliphatic rings. The van der Waals surface area contributed by atoms with Crippen LogP contribution in [0.25, 0.3) is 11.4 Å². The molecule has 2 aromatic heterocycles. The average Bonchev–Trinajstić information content (AvgIpc) is 3.21. The number of carbonyl (C=O) groups excluding carboxylic acids is 1. The van der Waals surface area contributed by atoms with Crippen LogP contribution in [0.2, 0.25) is 0 Å². The maximum Gasteiger partial charge on any atom is 0.228 e. The summed E-state index contributed by atoms with van der Waals surface area (Å²) in [6, 6.07) is 3.81. The molecular weight excluding hydrogens is 330 g/mol. The first-order valence-electron chi connectivity index (χ1n) is 8.97. The molecule has 0 aromatic carbocycles. The van der Waals surface area contributed by atoms with E-state index in [4.69, 9.17) is 14.7 Å². The molecule has 4 rings (SSSR count). The van der Waals surface area contributed by atoms with Crippen LogP contribution in [0.15, 0.2) is 24.5 Å². The second-order valence-electron chi connectivity index (χ2n) is 7.00. The molecule has 0 radical (unpaired) electrons. The van der Waals surface area contributed by atoms with Crippen molar-refractivity contribution >= 4 is 11.7 Å². The van der Waals surface area contributed by atoms with Crippen molar-refractivity contribution in [2.45, 2.75) is 19.4 Å². The zero-order chi connectivity index (χ0) is 18.1. The smallest absolute Gasteiger partial charge is 0.228 e. The summed E-state index contributed by atoms with van der Waals surface area (Å²) >= 11 is 0. The number of ether oxygens (including phenoxy) is 1. The Morgan fingerprint density at radius 1 is 1.27 bits per heavy atom. The lowest BCUT2D eigenvalue weighted by atomic mass is 10.0. The summed E-state index contributed by atoms with van der Waals surface area (Å²) in [6.45, 7) is 2.46. The van der Waals surface area contributed by atoms with Gasteiger partial charge in [-0.3, -0.25) is 9.78 Å². The Hall–Kier alpha value is -2.54. The van der Waals surface area contributed by atoms with Gasteiger partial charge in [0.15, 0.2) is 5.82 Å². The number of carbonyl (C=O) groups is 1. The number of fused-ring (bicyclic) bond motifs is 1. The molecule has 4 heterocycles. The van der Waals surface area contributed by atoms with Gasteiger partial charge in [-0.2, -0.15) is 0 Å². The van der Waals surface area contributed by atoms with Gasteiger partial charge in [0.1, 0.15) is 5.82 Å². The molecule has 1 unspecified atom stereocenters. The van der Waals surface area contributed by atoms with Gasteiger partial charge in [-0.1, -0.05) is 0 Å². The lowest BCUT2D eigenvalue weighted by Gasteiger charge is -2.32. The van der Waals surface area contributed by atoms with Crippen molar-refractivity contribution < 1.29 is 9.53 Å². The zero-order valence-corrected chi connectivity index (χ0v) is 15.2. The number of amides is 1. The van der Waals surface area contributed by atoms with Crippen molar-refractivity contribution in [3.8, 4) is 11.4 Å². The van der Waals surface area contributed by atoms with E-state index in [1.54, 1.807) is 12.4 Å². The molecule has 136 valence electrons. The maximum atomic E-state index is 12.8. The molecule has 2 aromatic rings. The molecule has 0 saturated carbocycles. The van der Waals surface area contributed by atoms with Crippen LogP contribution in [-0.2, 0) is 22.5 Å². The fourth-order valence-electron chi connectivity index (χ4n) is 3.59. The van der Waals surface area contributed by atoms with Crippen LogP contribution in [0, 0.1) is 5.92 Å². The van der Waals surface area contributed by atoms with Crippen LogP contribution in [-0.4, -0.2) is 59.6 Å². The van der Waals surface area contributed by atoms with Gasteiger partial charge in [-0.05, 0) is 25.0 Å². The summed E-state index contributed by atoms with van der Waals surface area (Å²) in [7, 11) is 3.98. The largest absolute Gasteiger partial charge is 0.381 e. The summed E-state index contributed by atoms with van der Waals surface area (Å²) < 4.78 is 5.38. The Labute approximate surface area is 153 Å². The first-order chi connectivity index (χ1) is 12.6.